The zero-order valence-corrected chi connectivity index (χ0v) is 9.03. The lowest BCUT2D eigenvalue weighted by Crippen LogP contribution is -2.30. The molecule has 1 aliphatic heterocycles. The molecule has 0 aromatic carbocycles. The predicted molar refractivity (Wildman–Crippen MR) is 54.3 cm³/mol. The van der Waals surface area contributed by atoms with Gasteiger partial charge in [-0.05, 0) is 31.8 Å². The van der Waals surface area contributed by atoms with E-state index in [1.54, 1.807) is 7.11 Å². The molecule has 1 fully saturated rings. The molecule has 2 rings (SSSR count). The van der Waals surface area contributed by atoms with Gasteiger partial charge < -0.3 is 14.6 Å². The Balaban J connectivity index is 1.86. The molecule has 5 nitrogen and oxygen atoms in total. The highest BCUT2D eigenvalue weighted by atomic mass is 16.5. The Morgan fingerprint density at radius 3 is 3.27 bits per heavy atom. The minimum Gasteiger partial charge on any atom is -0.377 e. The first kappa shape index (κ1) is 10.6. The molecule has 1 aromatic rings. The molecule has 0 saturated carbocycles. The third kappa shape index (κ3) is 3.00. The zero-order chi connectivity index (χ0) is 10.5. The Hall–Kier alpha value is -0.940. The van der Waals surface area contributed by atoms with Crippen LogP contribution >= 0.6 is 0 Å². The lowest BCUT2D eigenvalue weighted by atomic mass is 9.96. The highest BCUT2D eigenvalue weighted by Gasteiger charge is 2.16. The molecule has 84 valence electrons. The second kappa shape index (κ2) is 5.23. The van der Waals surface area contributed by atoms with Crippen molar-refractivity contribution in [3.8, 4) is 0 Å². The Morgan fingerprint density at radius 1 is 1.60 bits per heavy atom. The van der Waals surface area contributed by atoms with Gasteiger partial charge >= 0.3 is 0 Å². The number of hydrogen-bond donors (Lipinski definition) is 1. The van der Waals surface area contributed by atoms with Gasteiger partial charge in [0.2, 0.25) is 5.89 Å². The number of nitrogens with one attached hydrogen (secondary N) is 1. The summed E-state index contributed by atoms with van der Waals surface area (Å²) in [5.41, 5.74) is 0. The van der Waals surface area contributed by atoms with Gasteiger partial charge in [0.25, 0.3) is 0 Å². The lowest BCUT2D eigenvalue weighted by Gasteiger charge is -2.20. The van der Waals surface area contributed by atoms with Crippen LogP contribution in [-0.2, 0) is 17.8 Å². The van der Waals surface area contributed by atoms with Crippen LogP contribution in [0.3, 0.4) is 0 Å². The van der Waals surface area contributed by atoms with Crippen molar-refractivity contribution in [2.45, 2.75) is 25.9 Å². The normalized spacial score (nSPS) is 21.8. The Bertz CT molecular complexity index is 295. The number of hydrogen-bond acceptors (Lipinski definition) is 5. The van der Waals surface area contributed by atoms with E-state index in [4.69, 9.17) is 9.26 Å². The summed E-state index contributed by atoms with van der Waals surface area (Å²) in [4.78, 5) is 4.26. The average molecular weight is 211 g/mol. The van der Waals surface area contributed by atoms with E-state index in [1.807, 2.05) is 0 Å². The lowest BCUT2D eigenvalue weighted by molar-refractivity contribution is 0.174. The van der Waals surface area contributed by atoms with Crippen LogP contribution < -0.4 is 5.32 Å². The molecule has 2 heterocycles. The highest BCUT2D eigenvalue weighted by molar-refractivity contribution is 4.87. The number of piperidine rings is 1. The summed E-state index contributed by atoms with van der Waals surface area (Å²) >= 11 is 0. The van der Waals surface area contributed by atoms with E-state index in [0.29, 0.717) is 18.3 Å². The second-order valence-electron chi connectivity index (χ2n) is 3.95. The summed E-state index contributed by atoms with van der Waals surface area (Å²) in [7, 11) is 1.63. The Kier molecular flexibility index (Phi) is 3.69. The van der Waals surface area contributed by atoms with E-state index in [1.165, 1.54) is 12.8 Å². The minimum atomic E-state index is 0.423. The van der Waals surface area contributed by atoms with E-state index in [9.17, 15) is 0 Å². The topological polar surface area (TPSA) is 60.2 Å². The SMILES string of the molecule is COCc1noc(CC2CCCNC2)n1. The van der Waals surface area contributed by atoms with Crippen LogP contribution in [0.5, 0.6) is 0 Å². The van der Waals surface area contributed by atoms with Crippen LogP contribution in [-0.4, -0.2) is 30.3 Å². The zero-order valence-electron chi connectivity index (χ0n) is 9.03. The molecule has 1 aliphatic rings. The Labute approximate surface area is 89.2 Å². The molecule has 0 radical (unpaired) electrons. The van der Waals surface area contributed by atoms with Crippen molar-refractivity contribution < 1.29 is 9.26 Å². The first-order chi connectivity index (χ1) is 7.38. The van der Waals surface area contributed by atoms with Crippen LogP contribution in [0.2, 0.25) is 0 Å². The van der Waals surface area contributed by atoms with Gasteiger partial charge in [-0.1, -0.05) is 5.16 Å². The first-order valence-electron chi connectivity index (χ1n) is 5.39. The summed E-state index contributed by atoms with van der Waals surface area (Å²) in [5.74, 6) is 2.00. The largest absolute Gasteiger partial charge is 0.377 e. The van der Waals surface area contributed by atoms with Gasteiger partial charge in [0, 0.05) is 13.5 Å². The molecule has 15 heavy (non-hydrogen) atoms. The van der Waals surface area contributed by atoms with Crippen molar-refractivity contribution in [1.29, 1.82) is 0 Å². The van der Waals surface area contributed by atoms with Gasteiger partial charge in [-0.2, -0.15) is 4.98 Å². The predicted octanol–water partition coefficient (Wildman–Crippen LogP) is 0.758. The van der Waals surface area contributed by atoms with Crippen molar-refractivity contribution in [2.24, 2.45) is 5.92 Å². The summed E-state index contributed by atoms with van der Waals surface area (Å²) < 4.78 is 10.1. The fourth-order valence-corrected chi connectivity index (χ4v) is 1.91. The summed E-state index contributed by atoms with van der Waals surface area (Å²) in [6.45, 7) is 2.61. The number of nitrogens with zero attached hydrogens (tertiary/aromatic N) is 2. The number of methoxy groups -OCH3 is 1. The van der Waals surface area contributed by atoms with Gasteiger partial charge in [-0.15, -0.1) is 0 Å². The quantitative estimate of drug-likeness (QED) is 0.796. The molecule has 0 spiro atoms. The molecule has 0 bridgehead atoms. The van der Waals surface area contributed by atoms with E-state index in [0.717, 1.165) is 25.4 Å². The smallest absolute Gasteiger partial charge is 0.227 e. The molecule has 1 unspecified atom stereocenters. The fraction of sp³-hybridized carbons (Fsp3) is 0.800. The molecular formula is C10H17N3O2. The maximum Gasteiger partial charge on any atom is 0.227 e. The molecule has 0 amide bonds. The third-order valence-electron chi connectivity index (χ3n) is 2.65. The summed E-state index contributed by atoms with van der Waals surface area (Å²) in [5, 5.41) is 7.21. The van der Waals surface area contributed by atoms with Gasteiger partial charge in [0.15, 0.2) is 5.82 Å². The van der Waals surface area contributed by atoms with Crippen molar-refractivity contribution in [3.63, 3.8) is 0 Å². The van der Waals surface area contributed by atoms with Gasteiger partial charge in [0.1, 0.15) is 6.61 Å². The van der Waals surface area contributed by atoms with E-state index in [-0.39, 0.29) is 0 Å². The van der Waals surface area contributed by atoms with Gasteiger partial charge in [-0.25, -0.2) is 0 Å². The summed E-state index contributed by atoms with van der Waals surface area (Å²) in [6, 6.07) is 0. The molecule has 1 aromatic heterocycles. The minimum absolute atomic E-state index is 0.423. The van der Waals surface area contributed by atoms with E-state index >= 15 is 0 Å². The molecule has 1 saturated heterocycles. The van der Waals surface area contributed by atoms with Crippen LogP contribution in [0.4, 0.5) is 0 Å². The molecule has 5 heteroatoms. The average Bonchev–Trinajstić information content (AvgIpc) is 2.68. The van der Waals surface area contributed by atoms with Gasteiger partial charge in [0.05, 0.1) is 0 Å². The maximum atomic E-state index is 5.15. The number of ether oxygens (including phenoxy) is 1. The molecule has 1 atom stereocenters. The van der Waals surface area contributed by atoms with Crippen molar-refractivity contribution in [3.05, 3.63) is 11.7 Å². The van der Waals surface area contributed by atoms with Crippen molar-refractivity contribution >= 4 is 0 Å². The van der Waals surface area contributed by atoms with Gasteiger partial charge in [-0.3, -0.25) is 0 Å². The van der Waals surface area contributed by atoms with Crippen LogP contribution in [0.1, 0.15) is 24.6 Å². The van der Waals surface area contributed by atoms with Crippen LogP contribution in [0.15, 0.2) is 4.52 Å². The summed E-state index contributed by atoms with van der Waals surface area (Å²) in [6.07, 6.45) is 3.36. The molecule has 0 aliphatic carbocycles. The van der Waals surface area contributed by atoms with E-state index < -0.39 is 0 Å². The maximum absolute atomic E-state index is 5.15. The standard InChI is InChI=1S/C10H17N3O2/c1-14-7-9-12-10(15-13-9)5-8-3-2-4-11-6-8/h8,11H,2-7H2,1H3. The molecular weight excluding hydrogens is 194 g/mol. The van der Waals surface area contributed by atoms with Crippen LogP contribution in [0.25, 0.3) is 0 Å². The number of rotatable bonds is 4. The van der Waals surface area contributed by atoms with Crippen molar-refractivity contribution in [1.82, 2.24) is 15.5 Å². The fourth-order valence-electron chi connectivity index (χ4n) is 1.91. The molecule has 1 N–H and O–H groups in total. The third-order valence-corrected chi connectivity index (χ3v) is 2.65. The monoisotopic (exact) mass is 211 g/mol. The first-order valence-corrected chi connectivity index (χ1v) is 5.39. The van der Waals surface area contributed by atoms with Crippen LogP contribution in [0, 0.1) is 5.92 Å². The van der Waals surface area contributed by atoms with E-state index in [2.05, 4.69) is 15.5 Å². The number of aromatic nitrogens is 2. The van der Waals surface area contributed by atoms with Crippen molar-refractivity contribution in [2.75, 3.05) is 20.2 Å². The Morgan fingerprint density at radius 2 is 2.53 bits per heavy atom. The highest BCUT2D eigenvalue weighted by Crippen LogP contribution is 2.15. The second-order valence-corrected chi connectivity index (χ2v) is 3.95.